The summed E-state index contributed by atoms with van der Waals surface area (Å²) < 4.78 is 5.42. The SMILES string of the molecule is COc1c(Cl)cc(C2(C(C)N)CC2)cc1C(C)C. The van der Waals surface area contributed by atoms with Crippen LogP contribution in [-0.2, 0) is 5.41 Å². The molecule has 0 heterocycles. The molecule has 0 saturated heterocycles. The van der Waals surface area contributed by atoms with Crippen LogP contribution in [0.4, 0.5) is 0 Å². The van der Waals surface area contributed by atoms with E-state index in [2.05, 4.69) is 26.8 Å². The Hall–Kier alpha value is -0.730. The summed E-state index contributed by atoms with van der Waals surface area (Å²) in [6.45, 7) is 6.40. The molecule has 1 fully saturated rings. The van der Waals surface area contributed by atoms with E-state index in [-0.39, 0.29) is 11.5 Å². The van der Waals surface area contributed by atoms with Crippen molar-refractivity contribution >= 4 is 11.6 Å². The third-order valence-electron chi connectivity index (χ3n) is 4.13. The van der Waals surface area contributed by atoms with Crippen molar-refractivity contribution < 1.29 is 4.74 Å². The first-order valence-electron chi connectivity index (χ1n) is 6.56. The minimum Gasteiger partial charge on any atom is -0.495 e. The highest BCUT2D eigenvalue weighted by atomic mass is 35.5. The highest BCUT2D eigenvalue weighted by Gasteiger charge is 2.47. The lowest BCUT2D eigenvalue weighted by molar-refractivity contribution is 0.407. The van der Waals surface area contributed by atoms with Crippen LogP contribution in [0.3, 0.4) is 0 Å². The van der Waals surface area contributed by atoms with Crippen LogP contribution in [0.5, 0.6) is 5.75 Å². The highest BCUT2D eigenvalue weighted by molar-refractivity contribution is 6.32. The van der Waals surface area contributed by atoms with Crippen LogP contribution in [-0.4, -0.2) is 13.2 Å². The van der Waals surface area contributed by atoms with Crippen LogP contribution in [0.25, 0.3) is 0 Å². The fourth-order valence-corrected chi connectivity index (χ4v) is 2.99. The van der Waals surface area contributed by atoms with E-state index >= 15 is 0 Å². The lowest BCUT2D eigenvalue weighted by Crippen LogP contribution is -2.31. The van der Waals surface area contributed by atoms with Crippen molar-refractivity contribution in [2.75, 3.05) is 7.11 Å². The van der Waals surface area contributed by atoms with Crippen molar-refractivity contribution in [3.8, 4) is 5.75 Å². The molecule has 0 spiro atoms. The van der Waals surface area contributed by atoms with Gasteiger partial charge >= 0.3 is 0 Å². The molecule has 0 aromatic heterocycles. The molecule has 0 amide bonds. The number of halogens is 1. The van der Waals surface area contributed by atoms with Crippen molar-refractivity contribution in [3.05, 3.63) is 28.3 Å². The van der Waals surface area contributed by atoms with E-state index in [1.54, 1.807) is 7.11 Å². The Labute approximate surface area is 114 Å². The second kappa shape index (κ2) is 4.75. The zero-order valence-electron chi connectivity index (χ0n) is 11.6. The molecule has 2 nitrogen and oxygen atoms in total. The van der Waals surface area contributed by atoms with E-state index in [4.69, 9.17) is 22.1 Å². The predicted octanol–water partition coefficient (Wildman–Crippen LogP) is 3.85. The number of rotatable bonds is 4. The summed E-state index contributed by atoms with van der Waals surface area (Å²) in [5.74, 6) is 1.19. The van der Waals surface area contributed by atoms with E-state index in [1.165, 1.54) is 11.1 Å². The summed E-state index contributed by atoms with van der Waals surface area (Å²) >= 11 is 6.35. The fraction of sp³-hybridized carbons (Fsp3) is 0.600. The second-order valence-electron chi connectivity index (χ2n) is 5.68. The quantitative estimate of drug-likeness (QED) is 0.899. The minimum absolute atomic E-state index is 0.138. The molecule has 2 rings (SSSR count). The Bertz CT molecular complexity index is 450. The van der Waals surface area contributed by atoms with Crippen LogP contribution >= 0.6 is 11.6 Å². The number of nitrogens with two attached hydrogens (primary N) is 1. The highest BCUT2D eigenvalue weighted by Crippen LogP contribution is 2.52. The predicted molar refractivity (Wildman–Crippen MR) is 76.7 cm³/mol. The zero-order valence-corrected chi connectivity index (χ0v) is 12.3. The molecule has 1 aromatic rings. The molecule has 1 aliphatic carbocycles. The van der Waals surface area contributed by atoms with Crippen LogP contribution in [0, 0.1) is 0 Å². The summed E-state index contributed by atoms with van der Waals surface area (Å²) in [6.07, 6.45) is 2.32. The Morgan fingerprint density at radius 2 is 1.89 bits per heavy atom. The maximum absolute atomic E-state index is 6.35. The first-order valence-corrected chi connectivity index (χ1v) is 6.93. The standard InChI is InChI=1S/C15H22ClNO/c1-9(2)12-7-11(8-13(16)14(12)18-4)15(5-6-15)10(3)17/h7-10H,5-6,17H2,1-4H3. The molecule has 3 heteroatoms. The minimum atomic E-state index is 0.138. The average Bonchev–Trinajstić information content (AvgIpc) is 3.08. The Balaban J connectivity index is 2.52. The van der Waals surface area contributed by atoms with Crippen LogP contribution in [0.1, 0.15) is 50.7 Å². The van der Waals surface area contributed by atoms with Gasteiger partial charge in [0.15, 0.2) is 0 Å². The number of hydrogen-bond acceptors (Lipinski definition) is 2. The van der Waals surface area contributed by atoms with Crippen LogP contribution < -0.4 is 10.5 Å². The molecule has 0 radical (unpaired) electrons. The summed E-state index contributed by atoms with van der Waals surface area (Å²) in [5, 5.41) is 0.700. The molecule has 0 aliphatic heterocycles. The molecule has 1 atom stereocenters. The topological polar surface area (TPSA) is 35.2 Å². The van der Waals surface area contributed by atoms with Gasteiger partial charge in [-0.15, -0.1) is 0 Å². The third-order valence-corrected chi connectivity index (χ3v) is 4.41. The molecule has 18 heavy (non-hydrogen) atoms. The fourth-order valence-electron chi connectivity index (χ4n) is 2.69. The number of ether oxygens (including phenoxy) is 1. The van der Waals surface area contributed by atoms with Crippen molar-refractivity contribution in [1.29, 1.82) is 0 Å². The Morgan fingerprint density at radius 1 is 1.28 bits per heavy atom. The smallest absolute Gasteiger partial charge is 0.140 e. The van der Waals surface area contributed by atoms with Gasteiger partial charge in [-0.1, -0.05) is 31.5 Å². The van der Waals surface area contributed by atoms with Gasteiger partial charge in [0.1, 0.15) is 5.75 Å². The van der Waals surface area contributed by atoms with Gasteiger partial charge in [0.2, 0.25) is 0 Å². The van der Waals surface area contributed by atoms with Crippen LogP contribution in [0.2, 0.25) is 5.02 Å². The van der Waals surface area contributed by atoms with E-state index in [0.29, 0.717) is 10.9 Å². The largest absolute Gasteiger partial charge is 0.495 e. The van der Waals surface area contributed by atoms with E-state index in [9.17, 15) is 0 Å². The third kappa shape index (κ3) is 2.12. The first-order chi connectivity index (χ1) is 8.42. The van der Waals surface area contributed by atoms with Gasteiger partial charge in [-0.05, 0) is 42.9 Å². The van der Waals surface area contributed by atoms with Gasteiger partial charge in [-0.25, -0.2) is 0 Å². The van der Waals surface area contributed by atoms with Crippen molar-refractivity contribution in [3.63, 3.8) is 0 Å². The molecule has 100 valence electrons. The molecule has 2 N–H and O–H groups in total. The first kappa shape index (κ1) is 13.7. The summed E-state index contributed by atoms with van der Waals surface area (Å²) in [5.41, 5.74) is 8.72. The molecular formula is C15H22ClNO. The zero-order chi connectivity index (χ0) is 13.5. The molecule has 1 saturated carbocycles. The summed E-state index contributed by atoms with van der Waals surface area (Å²) in [6, 6.07) is 4.43. The summed E-state index contributed by atoms with van der Waals surface area (Å²) in [4.78, 5) is 0. The van der Waals surface area contributed by atoms with Gasteiger partial charge in [0.25, 0.3) is 0 Å². The van der Waals surface area contributed by atoms with Crippen molar-refractivity contribution in [1.82, 2.24) is 0 Å². The van der Waals surface area contributed by atoms with Crippen LogP contribution in [0.15, 0.2) is 12.1 Å². The molecular weight excluding hydrogens is 246 g/mol. The van der Waals surface area contributed by atoms with E-state index in [0.717, 1.165) is 18.6 Å². The maximum atomic E-state index is 6.35. The van der Waals surface area contributed by atoms with Crippen molar-refractivity contribution in [2.45, 2.75) is 51.0 Å². The average molecular weight is 268 g/mol. The summed E-state index contributed by atoms with van der Waals surface area (Å²) in [7, 11) is 1.67. The molecule has 1 aliphatic rings. The van der Waals surface area contributed by atoms with E-state index in [1.807, 2.05) is 6.07 Å². The number of methoxy groups -OCH3 is 1. The number of benzene rings is 1. The lowest BCUT2D eigenvalue weighted by Gasteiger charge is -2.23. The Morgan fingerprint density at radius 3 is 2.28 bits per heavy atom. The van der Waals surface area contributed by atoms with Gasteiger partial charge in [-0.2, -0.15) is 0 Å². The van der Waals surface area contributed by atoms with Gasteiger partial charge < -0.3 is 10.5 Å². The lowest BCUT2D eigenvalue weighted by atomic mass is 9.86. The van der Waals surface area contributed by atoms with E-state index < -0.39 is 0 Å². The number of hydrogen-bond donors (Lipinski definition) is 1. The second-order valence-corrected chi connectivity index (χ2v) is 6.09. The van der Waals surface area contributed by atoms with Gasteiger partial charge in [-0.3, -0.25) is 0 Å². The molecule has 1 unspecified atom stereocenters. The molecule has 1 aromatic carbocycles. The Kier molecular flexibility index (Phi) is 3.61. The molecule has 0 bridgehead atoms. The normalized spacial score (nSPS) is 18.8. The van der Waals surface area contributed by atoms with Crippen molar-refractivity contribution in [2.24, 2.45) is 5.73 Å². The maximum Gasteiger partial charge on any atom is 0.140 e. The monoisotopic (exact) mass is 267 g/mol. The van der Waals surface area contributed by atoms with Gasteiger partial charge in [0, 0.05) is 11.5 Å². The van der Waals surface area contributed by atoms with Gasteiger partial charge in [0.05, 0.1) is 12.1 Å².